The molecule has 1 saturated heterocycles. The molecule has 1 aromatic heterocycles. The number of carbonyl (C=O) groups excluding carboxylic acids is 2. The van der Waals surface area contributed by atoms with Gasteiger partial charge in [0.15, 0.2) is 0 Å². The Kier molecular flexibility index (Phi) is 7.42. The Hall–Kier alpha value is -2.58. The van der Waals surface area contributed by atoms with Crippen LogP contribution in [0.25, 0.3) is 0 Å². The van der Waals surface area contributed by atoms with Crippen molar-refractivity contribution < 1.29 is 9.59 Å². The van der Waals surface area contributed by atoms with Gasteiger partial charge in [-0.1, -0.05) is 12.1 Å². The van der Waals surface area contributed by atoms with Crippen LogP contribution < -0.4 is 16.0 Å². The van der Waals surface area contributed by atoms with E-state index in [4.69, 9.17) is 0 Å². The fraction of sp³-hybridized carbons (Fsp3) is 0.421. The van der Waals surface area contributed by atoms with E-state index < -0.39 is 5.54 Å². The van der Waals surface area contributed by atoms with E-state index in [9.17, 15) is 9.59 Å². The molecule has 152 valence electrons. The third-order valence-electron chi connectivity index (χ3n) is 4.83. The second-order valence-electron chi connectivity index (χ2n) is 6.94. The zero-order valence-electron chi connectivity index (χ0n) is 16.1. The van der Waals surface area contributed by atoms with Crippen LogP contribution in [0.4, 0.5) is 10.5 Å². The predicted molar refractivity (Wildman–Crippen MR) is 111 cm³/mol. The van der Waals surface area contributed by atoms with Gasteiger partial charge in [0.05, 0.1) is 0 Å². The summed E-state index contributed by atoms with van der Waals surface area (Å²) in [5, 5.41) is 13.5. The van der Waals surface area contributed by atoms with Gasteiger partial charge in [0.1, 0.15) is 5.54 Å². The Labute approximate surface area is 171 Å². The smallest absolute Gasteiger partial charge is 0.321 e. The fourth-order valence-corrected chi connectivity index (χ4v) is 3.26. The normalized spacial score (nSPS) is 15.2. The summed E-state index contributed by atoms with van der Waals surface area (Å²) < 4.78 is 1.77. The number of amides is 3. The predicted octanol–water partition coefficient (Wildman–Crippen LogP) is 1.79. The quantitative estimate of drug-likeness (QED) is 0.706. The van der Waals surface area contributed by atoms with Gasteiger partial charge in [0, 0.05) is 38.7 Å². The summed E-state index contributed by atoms with van der Waals surface area (Å²) in [6.07, 6.45) is 4.94. The number of hydrogen-bond donors (Lipinski definition) is 3. The van der Waals surface area contributed by atoms with Crippen LogP contribution in [0.2, 0.25) is 0 Å². The number of nitrogens with zero attached hydrogens (tertiary/aromatic N) is 3. The van der Waals surface area contributed by atoms with Crippen LogP contribution in [0.5, 0.6) is 0 Å². The van der Waals surface area contributed by atoms with Crippen LogP contribution in [-0.4, -0.2) is 53.8 Å². The first kappa shape index (κ1) is 21.7. The Morgan fingerprint density at radius 2 is 2.00 bits per heavy atom. The average molecular weight is 407 g/mol. The van der Waals surface area contributed by atoms with Crippen molar-refractivity contribution in [2.75, 3.05) is 32.5 Å². The Balaban J connectivity index is 0.00000280. The number of nitrogens with one attached hydrogen (secondary N) is 3. The Morgan fingerprint density at radius 3 is 2.64 bits per heavy atom. The number of rotatable bonds is 5. The summed E-state index contributed by atoms with van der Waals surface area (Å²) in [6, 6.07) is 9.13. The van der Waals surface area contributed by atoms with Crippen molar-refractivity contribution in [2.24, 2.45) is 0 Å². The lowest BCUT2D eigenvalue weighted by atomic mass is 9.87. The maximum Gasteiger partial charge on any atom is 0.321 e. The molecular formula is C19H27ClN6O2. The molecule has 9 heteroatoms. The second-order valence-corrected chi connectivity index (χ2v) is 6.94. The van der Waals surface area contributed by atoms with Crippen LogP contribution in [0, 0.1) is 0 Å². The summed E-state index contributed by atoms with van der Waals surface area (Å²) in [7, 11) is 3.38. The zero-order valence-corrected chi connectivity index (χ0v) is 17.0. The Bertz CT molecular complexity index is 787. The lowest BCUT2D eigenvalue weighted by molar-refractivity contribution is -0.132. The van der Waals surface area contributed by atoms with E-state index in [-0.39, 0.29) is 24.3 Å². The van der Waals surface area contributed by atoms with Gasteiger partial charge >= 0.3 is 6.03 Å². The molecule has 2 aromatic rings. The van der Waals surface area contributed by atoms with E-state index in [1.165, 1.54) is 4.90 Å². The minimum absolute atomic E-state index is 0. The molecule has 0 saturated carbocycles. The molecule has 1 aromatic carbocycles. The molecule has 0 radical (unpaired) electrons. The van der Waals surface area contributed by atoms with Crippen molar-refractivity contribution in [1.82, 2.24) is 25.3 Å². The van der Waals surface area contributed by atoms with E-state index >= 15 is 0 Å². The minimum Gasteiger partial charge on any atom is -0.350 e. The van der Waals surface area contributed by atoms with Gasteiger partial charge in [-0.15, -0.1) is 12.4 Å². The maximum atomic E-state index is 13.1. The first-order chi connectivity index (χ1) is 13.0. The highest BCUT2D eigenvalue weighted by Gasteiger charge is 2.41. The van der Waals surface area contributed by atoms with E-state index in [0.29, 0.717) is 25.1 Å². The largest absolute Gasteiger partial charge is 0.350 e. The van der Waals surface area contributed by atoms with E-state index in [2.05, 4.69) is 21.0 Å². The number of hydrogen-bond acceptors (Lipinski definition) is 4. The molecule has 3 rings (SSSR count). The Morgan fingerprint density at radius 1 is 1.25 bits per heavy atom. The number of piperidine rings is 1. The monoisotopic (exact) mass is 406 g/mol. The minimum atomic E-state index is -0.661. The van der Waals surface area contributed by atoms with Gasteiger partial charge in [-0.3, -0.25) is 9.48 Å². The van der Waals surface area contributed by atoms with Gasteiger partial charge < -0.3 is 20.9 Å². The number of aromatic nitrogens is 2. The highest BCUT2D eigenvalue weighted by Crippen LogP contribution is 2.27. The molecule has 28 heavy (non-hydrogen) atoms. The summed E-state index contributed by atoms with van der Waals surface area (Å²) in [5.74, 6) is -0.0320. The highest BCUT2D eigenvalue weighted by molar-refractivity contribution is 5.89. The number of anilines is 1. The van der Waals surface area contributed by atoms with E-state index in [1.54, 1.807) is 25.0 Å². The molecular weight excluding hydrogens is 380 g/mol. The van der Waals surface area contributed by atoms with Gasteiger partial charge in [-0.05, 0) is 49.7 Å². The van der Waals surface area contributed by atoms with Crippen LogP contribution in [0.15, 0.2) is 42.7 Å². The van der Waals surface area contributed by atoms with Gasteiger partial charge in [0.25, 0.3) is 0 Å². The molecule has 8 nitrogen and oxygen atoms in total. The number of urea groups is 1. The van der Waals surface area contributed by atoms with Crippen molar-refractivity contribution in [3.63, 3.8) is 0 Å². The maximum absolute atomic E-state index is 13.1. The fourth-order valence-electron chi connectivity index (χ4n) is 3.26. The molecule has 1 aliphatic rings. The molecule has 0 atom stereocenters. The molecule has 3 N–H and O–H groups in total. The topological polar surface area (TPSA) is 91.3 Å². The molecule has 0 unspecified atom stereocenters. The van der Waals surface area contributed by atoms with Gasteiger partial charge in [0.2, 0.25) is 5.91 Å². The summed E-state index contributed by atoms with van der Waals surface area (Å²) in [5.41, 5.74) is 0.958. The van der Waals surface area contributed by atoms with Crippen molar-refractivity contribution in [3.8, 4) is 0 Å². The average Bonchev–Trinajstić information content (AvgIpc) is 3.22. The lowest BCUT2D eigenvalue weighted by Crippen LogP contribution is -2.54. The molecule has 1 fully saturated rings. The first-order valence-corrected chi connectivity index (χ1v) is 9.08. The van der Waals surface area contributed by atoms with Crippen molar-refractivity contribution in [1.29, 1.82) is 0 Å². The van der Waals surface area contributed by atoms with Crippen molar-refractivity contribution in [3.05, 3.63) is 48.3 Å². The summed E-state index contributed by atoms with van der Waals surface area (Å²) in [6.45, 7) is 1.94. The van der Waals surface area contributed by atoms with Crippen LogP contribution in [0.1, 0.15) is 18.4 Å². The highest BCUT2D eigenvalue weighted by atomic mass is 35.5. The van der Waals surface area contributed by atoms with E-state index in [0.717, 1.165) is 18.7 Å². The third kappa shape index (κ3) is 4.82. The van der Waals surface area contributed by atoms with Gasteiger partial charge in [-0.25, -0.2) is 4.79 Å². The van der Waals surface area contributed by atoms with Crippen LogP contribution >= 0.6 is 12.4 Å². The zero-order chi connectivity index (χ0) is 19.3. The molecule has 0 spiro atoms. The number of halogens is 1. The SMILES string of the molecule is CN(C)C(=O)Nc1cccc(CNC(=O)C2(n3cccn3)CCNCC2)c1.Cl. The lowest BCUT2D eigenvalue weighted by Gasteiger charge is -2.36. The molecule has 0 bridgehead atoms. The number of carbonyl (C=O) groups is 2. The molecule has 1 aliphatic heterocycles. The second kappa shape index (κ2) is 9.57. The summed E-state index contributed by atoms with van der Waals surface area (Å²) in [4.78, 5) is 26.3. The molecule has 3 amide bonds. The van der Waals surface area contributed by atoms with E-state index in [1.807, 2.05) is 36.5 Å². The van der Waals surface area contributed by atoms with Crippen molar-refractivity contribution >= 4 is 30.0 Å². The first-order valence-electron chi connectivity index (χ1n) is 9.08. The summed E-state index contributed by atoms with van der Waals surface area (Å²) >= 11 is 0. The van der Waals surface area contributed by atoms with Crippen LogP contribution in [0.3, 0.4) is 0 Å². The van der Waals surface area contributed by atoms with Crippen LogP contribution in [-0.2, 0) is 16.9 Å². The standard InChI is InChI=1S/C19H26N6O2.ClH/c1-24(2)18(27)23-16-6-3-5-15(13-16)14-21-17(26)19(7-10-20-11-8-19)25-12-4-9-22-25;/h3-6,9,12-13,20H,7-8,10-11,14H2,1-2H3,(H,21,26)(H,23,27);1H. The van der Waals surface area contributed by atoms with Crippen molar-refractivity contribution in [2.45, 2.75) is 24.9 Å². The number of benzene rings is 1. The van der Waals surface area contributed by atoms with Gasteiger partial charge in [-0.2, -0.15) is 5.10 Å². The molecule has 0 aliphatic carbocycles. The third-order valence-corrected chi connectivity index (χ3v) is 4.83. The molecule has 2 heterocycles.